The van der Waals surface area contributed by atoms with Crippen molar-refractivity contribution in [1.82, 2.24) is 10.3 Å². The molecule has 0 saturated heterocycles. The first-order valence-corrected chi connectivity index (χ1v) is 7.37. The summed E-state index contributed by atoms with van der Waals surface area (Å²) in [5, 5.41) is 13.6. The van der Waals surface area contributed by atoms with Crippen LogP contribution in [0.4, 0.5) is 0 Å². The molecule has 2 N–H and O–H groups in total. The van der Waals surface area contributed by atoms with Gasteiger partial charge in [-0.15, -0.1) is 0 Å². The third-order valence-electron chi connectivity index (χ3n) is 3.58. The van der Waals surface area contributed by atoms with Gasteiger partial charge in [-0.1, -0.05) is 19.1 Å². The van der Waals surface area contributed by atoms with Gasteiger partial charge in [0.1, 0.15) is 0 Å². The van der Waals surface area contributed by atoms with E-state index in [0.29, 0.717) is 5.92 Å². The molecule has 1 aromatic carbocycles. The summed E-state index contributed by atoms with van der Waals surface area (Å²) in [4.78, 5) is 4.51. The molecule has 0 aliphatic rings. The van der Waals surface area contributed by atoms with Gasteiger partial charge in [0.2, 0.25) is 0 Å². The van der Waals surface area contributed by atoms with Gasteiger partial charge in [0, 0.05) is 24.2 Å². The summed E-state index contributed by atoms with van der Waals surface area (Å²) in [6, 6.07) is 10.6. The lowest BCUT2D eigenvalue weighted by atomic mass is 10.1. The predicted molar refractivity (Wildman–Crippen MR) is 83.7 cm³/mol. The summed E-state index contributed by atoms with van der Waals surface area (Å²) in [5.74, 6) is 0.409. The van der Waals surface area contributed by atoms with Crippen LogP contribution in [-0.4, -0.2) is 23.2 Å². The van der Waals surface area contributed by atoms with Gasteiger partial charge in [-0.2, -0.15) is 0 Å². The zero-order chi connectivity index (χ0) is 14.4. The fourth-order valence-electron chi connectivity index (χ4n) is 2.29. The molecule has 0 aliphatic heterocycles. The average molecular weight is 272 g/mol. The van der Waals surface area contributed by atoms with E-state index in [2.05, 4.69) is 47.6 Å². The van der Waals surface area contributed by atoms with Crippen LogP contribution in [0.25, 0.3) is 10.9 Å². The maximum atomic E-state index is 8.96. The van der Waals surface area contributed by atoms with E-state index in [1.165, 1.54) is 10.9 Å². The second-order valence-electron chi connectivity index (χ2n) is 5.59. The Hall–Kier alpha value is -1.45. The first-order valence-electron chi connectivity index (χ1n) is 7.37. The Morgan fingerprint density at radius 2 is 2.10 bits per heavy atom. The number of aliphatic hydroxyl groups is 1. The Balaban J connectivity index is 1.83. The third kappa shape index (κ3) is 4.29. The summed E-state index contributed by atoms with van der Waals surface area (Å²) < 4.78 is 0. The van der Waals surface area contributed by atoms with Crippen LogP contribution in [0.1, 0.15) is 31.0 Å². The van der Waals surface area contributed by atoms with E-state index >= 15 is 0 Å². The van der Waals surface area contributed by atoms with Crippen molar-refractivity contribution in [3.8, 4) is 0 Å². The number of nitrogens with one attached hydrogen (secondary N) is 1. The first-order chi connectivity index (χ1) is 9.69. The summed E-state index contributed by atoms with van der Waals surface area (Å²) >= 11 is 0. The fraction of sp³-hybridized carbons (Fsp3) is 0.471. The molecular formula is C17H24N2O. The van der Waals surface area contributed by atoms with Gasteiger partial charge in [0.15, 0.2) is 0 Å². The van der Waals surface area contributed by atoms with Gasteiger partial charge in [-0.25, -0.2) is 0 Å². The Kier molecular flexibility index (Phi) is 5.50. The highest BCUT2D eigenvalue weighted by atomic mass is 16.3. The summed E-state index contributed by atoms with van der Waals surface area (Å²) in [5.41, 5.74) is 3.41. The van der Waals surface area contributed by atoms with Crippen molar-refractivity contribution in [3.63, 3.8) is 0 Å². The second-order valence-corrected chi connectivity index (χ2v) is 5.59. The SMILES string of the molecule is Cc1ccc2cc(CNCCCC(C)CO)ccc2n1. The van der Waals surface area contributed by atoms with Crippen molar-refractivity contribution >= 4 is 10.9 Å². The number of aromatic nitrogens is 1. The number of pyridine rings is 1. The third-order valence-corrected chi connectivity index (χ3v) is 3.58. The van der Waals surface area contributed by atoms with Crippen molar-refractivity contribution in [2.45, 2.75) is 33.2 Å². The van der Waals surface area contributed by atoms with E-state index in [-0.39, 0.29) is 6.61 Å². The van der Waals surface area contributed by atoms with Crippen LogP contribution in [0.5, 0.6) is 0 Å². The van der Waals surface area contributed by atoms with E-state index in [1.807, 2.05) is 6.92 Å². The van der Waals surface area contributed by atoms with Gasteiger partial charge >= 0.3 is 0 Å². The van der Waals surface area contributed by atoms with Crippen LogP contribution in [-0.2, 0) is 6.54 Å². The number of aliphatic hydroxyl groups excluding tert-OH is 1. The number of hydrogen-bond donors (Lipinski definition) is 2. The van der Waals surface area contributed by atoms with Crippen LogP contribution < -0.4 is 5.32 Å². The Bertz CT molecular complexity index is 554. The lowest BCUT2D eigenvalue weighted by Crippen LogP contribution is -2.16. The Morgan fingerprint density at radius 1 is 1.25 bits per heavy atom. The van der Waals surface area contributed by atoms with E-state index < -0.39 is 0 Å². The van der Waals surface area contributed by atoms with Gasteiger partial charge in [-0.05, 0) is 56.0 Å². The van der Waals surface area contributed by atoms with Gasteiger partial charge in [0.05, 0.1) is 5.52 Å². The molecule has 2 aromatic rings. The second kappa shape index (κ2) is 7.36. The number of hydrogen-bond acceptors (Lipinski definition) is 3. The van der Waals surface area contributed by atoms with Gasteiger partial charge in [0.25, 0.3) is 0 Å². The van der Waals surface area contributed by atoms with Crippen LogP contribution in [0, 0.1) is 12.8 Å². The average Bonchev–Trinajstić information content (AvgIpc) is 2.46. The van der Waals surface area contributed by atoms with Crippen LogP contribution in [0.15, 0.2) is 30.3 Å². The lowest BCUT2D eigenvalue weighted by molar-refractivity contribution is 0.228. The quantitative estimate of drug-likeness (QED) is 0.762. The maximum Gasteiger partial charge on any atom is 0.0705 e. The number of nitrogens with zero attached hydrogens (tertiary/aromatic N) is 1. The molecule has 3 nitrogen and oxygen atoms in total. The maximum absolute atomic E-state index is 8.96. The summed E-state index contributed by atoms with van der Waals surface area (Å²) in [7, 11) is 0. The molecule has 20 heavy (non-hydrogen) atoms. The molecule has 0 spiro atoms. The Labute approximate surface area is 121 Å². The van der Waals surface area contributed by atoms with Crippen molar-refractivity contribution in [2.24, 2.45) is 5.92 Å². The first kappa shape index (κ1) is 14.9. The fourth-order valence-corrected chi connectivity index (χ4v) is 2.29. The molecule has 1 aromatic heterocycles. The standard InChI is InChI=1S/C17H24N2O/c1-13(12-20)4-3-9-18-11-15-6-8-17-16(10-15)7-5-14(2)19-17/h5-8,10,13,18,20H,3-4,9,11-12H2,1-2H3. The molecule has 0 amide bonds. The van der Waals surface area contributed by atoms with E-state index in [0.717, 1.165) is 37.1 Å². The highest BCUT2D eigenvalue weighted by Crippen LogP contribution is 2.14. The molecule has 0 aliphatic carbocycles. The van der Waals surface area contributed by atoms with E-state index in [4.69, 9.17) is 5.11 Å². The lowest BCUT2D eigenvalue weighted by Gasteiger charge is -2.09. The van der Waals surface area contributed by atoms with Crippen molar-refractivity contribution < 1.29 is 5.11 Å². The zero-order valence-electron chi connectivity index (χ0n) is 12.4. The van der Waals surface area contributed by atoms with E-state index in [1.54, 1.807) is 0 Å². The predicted octanol–water partition coefficient (Wildman–Crippen LogP) is 3.04. The molecule has 108 valence electrons. The number of benzene rings is 1. The minimum absolute atomic E-state index is 0.289. The van der Waals surface area contributed by atoms with E-state index in [9.17, 15) is 0 Å². The zero-order valence-corrected chi connectivity index (χ0v) is 12.4. The van der Waals surface area contributed by atoms with Crippen LogP contribution in [0.2, 0.25) is 0 Å². The van der Waals surface area contributed by atoms with Crippen LogP contribution >= 0.6 is 0 Å². The molecule has 1 unspecified atom stereocenters. The van der Waals surface area contributed by atoms with Gasteiger partial charge in [-0.3, -0.25) is 4.98 Å². The molecule has 1 atom stereocenters. The minimum atomic E-state index is 0.289. The summed E-state index contributed by atoms with van der Waals surface area (Å²) in [6.07, 6.45) is 2.18. The molecule has 1 heterocycles. The van der Waals surface area contributed by atoms with Crippen molar-refractivity contribution in [2.75, 3.05) is 13.2 Å². The van der Waals surface area contributed by atoms with Crippen LogP contribution in [0.3, 0.4) is 0 Å². The Morgan fingerprint density at radius 3 is 2.90 bits per heavy atom. The smallest absolute Gasteiger partial charge is 0.0705 e. The molecule has 0 saturated carbocycles. The molecule has 0 bridgehead atoms. The molecule has 3 heteroatoms. The molecule has 2 rings (SSSR count). The highest BCUT2D eigenvalue weighted by Gasteiger charge is 2.00. The largest absolute Gasteiger partial charge is 0.396 e. The molecule has 0 fully saturated rings. The topological polar surface area (TPSA) is 45.1 Å². The number of aryl methyl sites for hydroxylation is 1. The van der Waals surface area contributed by atoms with Gasteiger partial charge < -0.3 is 10.4 Å². The highest BCUT2D eigenvalue weighted by molar-refractivity contribution is 5.79. The van der Waals surface area contributed by atoms with Crippen molar-refractivity contribution in [3.05, 3.63) is 41.6 Å². The normalized spacial score (nSPS) is 12.8. The summed E-state index contributed by atoms with van der Waals surface area (Å²) in [6.45, 7) is 6.27. The molecular weight excluding hydrogens is 248 g/mol. The minimum Gasteiger partial charge on any atom is -0.396 e. The monoisotopic (exact) mass is 272 g/mol. The molecule has 0 radical (unpaired) electrons. The van der Waals surface area contributed by atoms with Crippen molar-refractivity contribution in [1.29, 1.82) is 0 Å². The number of fused-ring (bicyclic) bond motifs is 1. The number of rotatable bonds is 7.